The van der Waals surface area contributed by atoms with Crippen molar-refractivity contribution in [2.24, 2.45) is 0 Å². The van der Waals surface area contributed by atoms with Gasteiger partial charge in [0.25, 0.3) is 5.91 Å². The second kappa shape index (κ2) is 9.33. The number of carbonyl (C=O) groups is 1. The van der Waals surface area contributed by atoms with Crippen molar-refractivity contribution in [1.82, 2.24) is 19.2 Å². The molecule has 0 atom stereocenters. The molecule has 1 N–H and O–H groups in total. The molecule has 1 aliphatic rings. The average Bonchev–Trinajstić information content (AvgIpc) is 2.84. The summed E-state index contributed by atoms with van der Waals surface area (Å²) in [4.78, 5) is 23.1. The Balaban J connectivity index is 1.40. The molecule has 0 spiro atoms. The molecule has 2 aromatic carbocycles. The molecule has 10 heteroatoms. The van der Waals surface area contributed by atoms with E-state index >= 15 is 0 Å². The van der Waals surface area contributed by atoms with Crippen LogP contribution in [0.15, 0.2) is 71.9 Å². The van der Waals surface area contributed by atoms with E-state index < -0.39 is 10.0 Å². The lowest BCUT2D eigenvalue weighted by atomic mass is 10.1. The average molecular weight is 454 g/mol. The highest BCUT2D eigenvalue weighted by Crippen LogP contribution is 2.22. The first-order chi connectivity index (χ1) is 15.5. The number of hydrogen-bond acceptors (Lipinski definition) is 7. The van der Waals surface area contributed by atoms with Crippen LogP contribution in [-0.2, 0) is 10.0 Å². The number of hydrogen-bond donors (Lipinski definition) is 1. The van der Waals surface area contributed by atoms with Gasteiger partial charge in [0.05, 0.1) is 12.0 Å². The van der Waals surface area contributed by atoms with Crippen molar-refractivity contribution in [3.63, 3.8) is 0 Å². The molecule has 0 aliphatic carbocycles. The van der Waals surface area contributed by atoms with Gasteiger partial charge in [0.15, 0.2) is 0 Å². The van der Waals surface area contributed by atoms with Crippen molar-refractivity contribution in [3.05, 3.63) is 72.6 Å². The second-order valence-corrected chi connectivity index (χ2v) is 9.09. The minimum absolute atomic E-state index is 0.149. The molecule has 1 fully saturated rings. The number of sulfonamides is 1. The van der Waals surface area contributed by atoms with Gasteiger partial charge in [0, 0.05) is 49.8 Å². The highest BCUT2D eigenvalue weighted by atomic mass is 32.2. The number of carbonyl (C=O) groups excluding carboxylic acids is 1. The summed E-state index contributed by atoms with van der Waals surface area (Å²) in [5, 5.41) is 3.07. The number of piperazine rings is 1. The van der Waals surface area contributed by atoms with Gasteiger partial charge in [0.2, 0.25) is 16.0 Å². The normalized spacial score (nSPS) is 14.7. The van der Waals surface area contributed by atoms with Gasteiger partial charge in [-0.15, -0.1) is 0 Å². The highest BCUT2D eigenvalue weighted by molar-refractivity contribution is 7.89. The van der Waals surface area contributed by atoms with Gasteiger partial charge in [0.1, 0.15) is 5.75 Å². The topological polar surface area (TPSA) is 105 Å². The van der Waals surface area contributed by atoms with Crippen molar-refractivity contribution in [2.75, 3.05) is 38.6 Å². The minimum atomic E-state index is -3.63. The Morgan fingerprint density at radius 3 is 2.31 bits per heavy atom. The summed E-state index contributed by atoms with van der Waals surface area (Å²) in [6.07, 6.45) is 3.26. The lowest BCUT2D eigenvalue weighted by molar-refractivity contribution is 0.0698. The largest absolute Gasteiger partial charge is 0.497 e. The van der Waals surface area contributed by atoms with Crippen LogP contribution in [0.25, 0.3) is 0 Å². The summed E-state index contributed by atoms with van der Waals surface area (Å²) >= 11 is 0. The van der Waals surface area contributed by atoms with Gasteiger partial charge in [-0.25, -0.2) is 18.4 Å². The molecule has 9 nitrogen and oxygen atoms in total. The smallest absolute Gasteiger partial charge is 0.254 e. The molecule has 0 unspecified atom stereocenters. The van der Waals surface area contributed by atoms with Crippen LogP contribution in [0.3, 0.4) is 0 Å². The minimum Gasteiger partial charge on any atom is -0.497 e. The molecule has 166 valence electrons. The summed E-state index contributed by atoms with van der Waals surface area (Å²) in [5.41, 5.74) is 1.21. The maximum atomic E-state index is 13.0. The number of aromatic nitrogens is 2. The zero-order chi connectivity index (χ0) is 22.6. The predicted octanol–water partition coefficient (Wildman–Crippen LogP) is 2.38. The molecule has 0 bridgehead atoms. The number of nitrogens with zero attached hydrogens (tertiary/aromatic N) is 4. The predicted molar refractivity (Wildman–Crippen MR) is 119 cm³/mol. The number of anilines is 2. The Morgan fingerprint density at radius 1 is 0.969 bits per heavy atom. The molecule has 0 saturated carbocycles. The van der Waals surface area contributed by atoms with Crippen molar-refractivity contribution in [3.8, 4) is 5.75 Å². The molecule has 1 amide bonds. The zero-order valence-electron chi connectivity index (χ0n) is 17.5. The van der Waals surface area contributed by atoms with Crippen molar-refractivity contribution in [1.29, 1.82) is 0 Å². The third-order valence-corrected chi connectivity index (χ3v) is 7.07. The van der Waals surface area contributed by atoms with E-state index in [2.05, 4.69) is 15.3 Å². The van der Waals surface area contributed by atoms with E-state index in [9.17, 15) is 13.2 Å². The first-order valence-electron chi connectivity index (χ1n) is 10.0. The SMILES string of the molecule is COc1ccc(S(=O)(=O)N2CCN(C(=O)c3cccc(Nc4ncccn4)c3)CC2)cc1. The standard InChI is InChI=1S/C22H23N5O4S/c1-31-19-6-8-20(9-7-19)32(29,30)27-14-12-26(13-15-27)21(28)17-4-2-5-18(16-17)25-22-23-10-3-11-24-22/h2-11,16H,12-15H2,1H3,(H,23,24,25). The fraction of sp³-hybridized carbons (Fsp3) is 0.227. The monoisotopic (exact) mass is 453 g/mol. The first-order valence-corrected chi connectivity index (χ1v) is 11.5. The van der Waals surface area contributed by atoms with E-state index in [1.54, 1.807) is 53.7 Å². The van der Waals surface area contributed by atoms with E-state index in [4.69, 9.17) is 4.74 Å². The Morgan fingerprint density at radius 2 is 1.66 bits per heavy atom. The molecule has 1 aromatic heterocycles. The first kappa shape index (κ1) is 21.7. The summed E-state index contributed by atoms with van der Waals surface area (Å²) in [6, 6.07) is 15.1. The van der Waals surface area contributed by atoms with Crippen molar-refractivity contribution < 1.29 is 17.9 Å². The summed E-state index contributed by atoms with van der Waals surface area (Å²) in [7, 11) is -2.10. The molecule has 1 saturated heterocycles. The Bertz CT molecular complexity index is 1180. The molecule has 32 heavy (non-hydrogen) atoms. The molecular weight excluding hydrogens is 430 g/mol. The van der Waals surface area contributed by atoms with Crippen LogP contribution in [0.4, 0.5) is 11.6 Å². The number of methoxy groups -OCH3 is 1. The van der Waals surface area contributed by atoms with Gasteiger partial charge < -0.3 is 15.0 Å². The van der Waals surface area contributed by atoms with Crippen LogP contribution in [0.1, 0.15) is 10.4 Å². The highest BCUT2D eigenvalue weighted by Gasteiger charge is 2.30. The van der Waals surface area contributed by atoms with E-state index in [0.29, 0.717) is 36.0 Å². The van der Waals surface area contributed by atoms with Crippen LogP contribution in [0.2, 0.25) is 0 Å². The van der Waals surface area contributed by atoms with Gasteiger partial charge in [-0.3, -0.25) is 4.79 Å². The van der Waals surface area contributed by atoms with Gasteiger partial charge in [-0.05, 0) is 48.5 Å². The second-order valence-electron chi connectivity index (χ2n) is 7.15. The van der Waals surface area contributed by atoms with Crippen molar-refractivity contribution >= 4 is 27.6 Å². The number of amides is 1. The van der Waals surface area contributed by atoms with E-state index in [1.807, 2.05) is 6.07 Å². The summed E-state index contributed by atoms with van der Waals surface area (Å²) < 4.78 is 32.3. The number of nitrogens with one attached hydrogen (secondary N) is 1. The quantitative estimate of drug-likeness (QED) is 0.611. The molecule has 1 aliphatic heterocycles. The van der Waals surface area contributed by atoms with Crippen LogP contribution in [-0.4, -0.2) is 66.8 Å². The molecular formula is C22H23N5O4S. The maximum absolute atomic E-state index is 13.0. The molecule has 3 aromatic rings. The Labute approximate surface area is 186 Å². The number of benzene rings is 2. The zero-order valence-corrected chi connectivity index (χ0v) is 18.3. The van der Waals surface area contributed by atoms with Crippen LogP contribution < -0.4 is 10.1 Å². The molecule has 4 rings (SSSR count). The van der Waals surface area contributed by atoms with E-state index in [-0.39, 0.29) is 23.9 Å². The third-order valence-electron chi connectivity index (χ3n) is 5.15. The van der Waals surface area contributed by atoms with E-state index in [1.165, 1.54) is 23.5 Å². The number of ether oxygens (including phenoxy) is 1. The van der Waals surface area contributed by atoms with Gasteiger partial charge in [-0.2, -0.15) is 4.31 Å². The van der Waals surface area contributed by atoms with Crippen LogP contribution >= 0.6 is 0 Å². The fourth-order valence-electron chi connectivity index (χ4n) is 3.43. The van der Waals surface area contributed by atoms with E-state index in [0.717, 1.165) is 0 Å². The van der Waals surface area contributed by atoms with Crippen molar-refractivity contribution in [2.45, 2.75) is 4.90 Å². The lowest BCUT2D eigenvalue weighted by Gasteiger charge is -2.34. The van der Waals surface area contributed by atoms with Gasteiger partial charge >= 0.3 is 0 Å². The Hall–Kier alpha value is -3.50. The number of rotatable bonds is 6. The van der Waals surface area contributed by atoms with Crippen LogP contribution in [0, 0.1) is 0 Å². The van der Waals surface area contributed by atoms with Crippen LogP contribution in [0.5, 0.6) is 5.75 Å². The summed E-state index contributed by atoms with van der Waals surface area (Å²) in [5.74, 6) is 0.883. The Kier molecular flexibility index (Phi) is 6.33. The maximum Gasteiger partial charge on any atom is 0.254 e. The molecule has 0 radical (unpaired) electrons. The summed E-state index contributed by atoms with van der Waals surface area (Å²) in [6.45, 7) is 1.09. The lowest BCUT2D eigenvalue weighted by Crippen LogP contribution is -2.50. The fourth-order valence-corrected chi connectivity index (χ4v) is 4.86. The third kappa shape index (κ3) is 4.71. The molecule has 2 heterocycles. The van der Waals surface area contributed by atoms with Gasteiger partial charge in [-0.1, -0.05) is 6.07 Å².